The van der Waals surface area contributed by atoms with E-state index < -0.39 is 12.1 Å². The first kappa shape index (κ1) is 21.2. The number of alkyl halides is 3. The Morgan fingerprint density at radius 2 is 1.80 bits per heavy atom. The Bertz CT molecular complexity index is 778. The van der Waals surface area contributed by atoms with Crippen LogP contribution in [-0.4, -0.2) is 51.3 Å². The van der Waals surface area contributed by atoms with Crippen LogP contribution in [-0.2, 0) is 9.63 Å². The molecule has 30 heavy (non-hydrogen) atoms. The summed E-state index contributed by atoms with van der Waals surface area (Å²) in [5, 5.41) is 1.13. The van der Waals surface area contributed by atoms with Crippen LogP contribution in [0.1, 0.15) is 81.4 Å². The highest BCUT2D eigenvalue weighted by molar-refractivity contribution is 5.75. The van der Waals surface area contributed by atoms with Gasteiger partial charge in [0.25, 0.3) is 0 Å². The maximum absolute atomic E-state index is 12.5. The summed E-state index contributed by atoms with van der Waals surface area (Å²) in [6, 6.07) is 0. The van der Waals surface area contributed by atoms with Crippen molar-refractivity contribution in [3.63, 3.8) is 0 Å². The summed E-state index contributed by atoms with van der Waals surface area (Å²) < 4.78 is 39.6. The molecule has 0 N–H and O–H groups in total. The summed E-state index contributed by atoms with van der Waals surface area (Å²) in [6.45, 7) is 3.61. The molecule has 2 fully saturated rings. The molecule has 1 saturated heterocycles. The lowest BCUT2D eigenvalue weighted by molar-refractivity contribution is -0.241. The Hall–Kier alpha value is -2.03. The quantitative estimate of drug-likeness (QED) is 0.695. The molecule has 2 aliphatic heterocycles. The summed E-state index contributed by atoms with van der Waals surface area (Å²) in [5.41, 5.74) is 1.15. The zero-order valence-corrected chi connectivity index (χ0v) is 17.3. The van der Waals surface area contributed by atoms with E-state index in [2.05, 4.69) is 39.7 Å². The molecule has 1 saturated carbocycles. The first-order valence-electron chi connectivity index (χ1n) is 10.9. The molecule has 6 nitrogen and oxygen atoms in total. The van der Waals surface area contributed by atoms with E-state index in [0.29, 0.717) is 18.8 Å². The van der Waals surface area contributed by atoms with Gasteiger partial charge in [-0.1, -0.05) is 19.3 Å². The monoisotopic (exact) mass is 426 g/mol. The van der Waals surface area contributed by atoms with Gasteiger partial charge in [-0.05, 0) is 44.9 Å². The van der Waals surface area contributed by atoms with Gasteiger partial charge < -0.3 is 14.3 Å². The van der Waals surface area contributed by atoms with Crippen molar-refractivity contribution < 1.29 is 22.8 Å². The van der Waals surface area contributed by atoms with Gasteiger partial charge in [0.2, 0.25) is 0 Å². The van der Waals surface area contributed by atoms with Gasteiger partial charge >= 0.3 is 12.1 Å². The van der Waals surface area contributed by atoms with Crippen LogP contribution in [0.5, 0.6) is 0 Å². The Labute approximate surface area is 174 Å². The Balaban J connectivity index is 1.47. The Morgan fingerprint density at radius 1 is 1.13 bits per heavy atom. The number of carbonyl (C=O) groups is 1. The third kappa shape index (κ3) is 4.50. The summed E-state index contributed by atoms with van der Waals surface area (Å²) in [4.78, 5) is 22.9. The number of hydrogen-bond acceptors (Lipinski definition) is 5. The number of halogens is 3. The van der Waals surface area contributed by atoms with E-state index >= 15 is 0 Å². The van der Waals surface area contributed by atoms with Gasteiger partial charge in [0.05, 0.1) is 5.69 Å². The molecule has 0 aromatic carbocycles. The predicted octanol–water partition coefficient (Wildman–Crippen LogP) is 4.48. The lowest BCUT2D eigenvalue weighted by atomic mass is 9.87. The molecule has 1 atom stereocenters. The fourth-order valence-corrected chi connectivity index (χ4v) is 4.66. The van der Waals surface area contributed by atoms with E-state index in [-0.39, 0.29) is 25.2 Å². The summed E-state index contributed by atoms with van der Waals surface area (Å²) >= 11 is 0. The molecule has 166 valence electrons. The maximum atomic E-state index is 12.5. The van der Waals surface area contributed by atoms with Crippen molar-refractivity contribution in [2.75, 3.05) is 19.6 Å². The van der Waals surface area contributed by atoms with Gasteiger partial charge in [-0.3, -0.25) is 0 Å². The Morgan fingerprint density at radius 3 is 2.37 bits per heavy atom. The zero-order valence-electron chi connectivity index (χ0n) is 17.3. The van der Waals surface area contributed by atoms with Gasteiger partial charge in [0, 0.05) is 37.7 Å². The van der Waals surface area contributed by atoms with Crippen LogP contribution in [0.3, 0.4) is 0 Å². The van der Waals surface area contributed by atoms with Gasteiger partial charge in [-0.2, -0.15) is 13.2 Å². The van der Waals surface area contributed by atoms with Crippen LogP contribution in [0.2, 0.25) is 0 Å². The molecule has 0 radical (unpaired) electrons. The van der Waals surface area contributed by atoms with Gasteiger partial charge in [0.1, 0.15) is 12.0 Å². The molecule has 0 bridgehead atoms. The molecule has 3 aliphatic rings. The number of piperidine rings is 1. The fraction of sp³-hybridized carbons (Fsp3) is 0.714. The number of carbonyl (C=O) groups excluding carboxylic acids is 1. The minimum Gasteiger partial charge on any atom is -0.361 e. The number of aromatic nitrogens is 2. The number of imidazole rings is 1. The highest BCUT2D eigenvalue weighted by atomic mass is 19.4. The molecule has 1 aromatic heterocycles. The molecular formula is C21H29F3N4O2. The maximum Gasteiger partial charge on any atom is 0.492 e. The number of nitrogens with zero attached hydrogens (tertiary/aromatic N) is 4. The highest BCUT2D eigenvalue weighted by Crippen LogP contribution is 2.37. The van der Waals surface area contributed by atoms with Crippen LogP contribution in [0.4, 0.5) is 13.2 Å². The average molecular weight is 426 g/mol. The predicted molar refractivity (Wildman–Crippen MR) is 104 cm³/mol. The van der Waals surface area contributed by atoms with E-state index in [0.717, 1.165) is 23.1 Å². The Kier molecular flexibility index (Phi) is 6.09. The third-order valence-corrected chi connectivity index (χ3v) is 6.56. The first-order chi connectivity index (χ1) is 14.3. The number of rotatable bonds is 5. The highest BCUT2D eigenvalue weighted by Gasteiger charge is 2.43. The molecule has 0 amide bonds. The average Bonchev–Trinajstić information content (AvgIpc) is 3.13. The summed E-state index contributed by atoms with van der Waals surface area (Å²) in [6.07, 6.45) is 8.87. The van der Waals surface area contributed by atoms with Crippen molar-refractivity contribution in [2.24, 2.45) is 0 Å². The molecule has 3 heterocycles. The van der Waals surface area contributed by atoms with E-state index in [1.54, 1.807) is 0 Å². The zero-order chi connectivity index (χ0) is 21.3. The smallest absolute Gasteiger partial charge is 0.361 e. The van der Waals surface area contributed by atoms with Gasteiger partial charge in [0.15, 0.2) is 0 Å². The van der Waals surface area contributed by atoms with E-state index in [9.17, 15) is 18.0 Å². The third-order valence-electron chi connectivity index (χ3n) is 6.56. The topological polar surface area (TPSA) is 50.6 Å². The molecule has 4 rings (SSSR count). The second kappa shape index (κ2) is 8.61. The minimum absolute atomic E-state index is 0.135. The van der Waals surface area contributed by atoms with Crippen molar-refractivity contribution >= 4 is 5.97 Å². The normalized spacial score (nSPS) is 22.7. The molecule has 0 spiro atoms. The van der Waals surface area contributed by atoms with Crippen molar-refractivity contribution in [3.05, 3.63) is 30.0 Å². The van der Waals surface area contributed by atoms with E-state index in [4.69, 9.17) is 4.98 Å². The van der Waals surface area contributed by atoms with Gasteiger partial charge in [-0.25, -0.2) is 9.78 Å². The van der Waals surface area contributed by atoms with Crippen LogP contribution in [0, 0.1) is 0 Å². The summed E-state index contributed by atoms with van der Waals surface area (Å²) in [5.74, 6) is -0.521. The largest absolute Gasteiger partial charge is 0.492 e. The number of hydrogen-bond donors (Lipinski definition) is 0. The lowest BCUT2D eigenvalue weighted by Crippen LogP contribution is -2.40. The SMILES string of the molecule is CC(N1C=CC1)n1cc(C2CCCCC2)nc1C1CCN(OC(=O)C(F)(F)F)CC1. The molecule has 1 aromatic rings. The van der Waals surface area contributed by atoms with Crippen molar-refractivity contribution in [3.8, 4) is 0 Å². The van der Waals surface area contributed by atoms with Gasteiger partial charge in [-0.15, -0.1) is 5.06 Å². The second-order valence-electron chi connectivity index (χ2n) is 8.56. The van der Waals surface area contributed by atoms with Crippen LogP contribution >= 0.6 is 0 Å². The lowest BCUT2D eigenvalue weighted by Gasteiger charge is -2.36. The van der Waals surface area contributed by atoms with Crippen LogP contribution in [0.15, 0.2) is 18.5 Å². The van der Waals surface area contributed by atoms with E-state index in [1.807, 2.05) is 0 Å². The second-order valence-corrected chi connectivity index (χ2v) is 8.56. The molecule has 1 aliphatic carbocycles. The van der Waals surface area contributed by atoms with Crippen LogP contribution in [0.25, 0.3) is 0 Å². The van der Waals surface area contributed by atoms with Crippen molar-refractivity contribution in [1.82, 2.24) is 19.5 Å². The van der Waals surface area contributed by atoms with Crippen molar-refractivity contribution in [1.29, 1.82) is 0 Å². The van der Waals surface area contributed by atoms with Crippen molar-refractivity contribution in [2.45, 2.75) is 76.0 Å². The molecular weight excluding hydrogens is 397 g/mol. The molecule has 1 unspecified atom stereocenters. The minimum atomic E-state index is -4.97. The summed E-state index contributed by atoms with van der Waals surface area (Å²) in [7, 11) is 0. The van der Waals surface area contributed by atoms with E-state index in [1.165, 1.54) is 32.1 Å². The standard InChI is InChI=1S/C21H29F3N4O2/c1-15(26-10-5-11-26)28-14-18(16-6-3-2-4-7-16)25-19(28)17-8-12-27(13-9-17)30-20(29)21(22,23)24/h5,10,14-17H,2-4,6-9,11-13H2,1H3. The van der Waals surface area contributed by atoms with Crippen LogP contribution < -0.4 is 0 Å². The fourth-order valence-electron chi connectivity index (χ4n) is 4.66. The molecule has 9 heteroatoms. The first-order valence-corrected chi connectivity index (χ1v) is 10.9. The number of hydroxylamine groups is 2.